The molecule has 0 atom stereocenters. The van der Waals surface area contributed by atoms with Gasteiger partial charge in [-0.2, -0.15) is 0 Å². The zero-order valence-electron chi connectivity index (χ0n) is 10.3. The van der Waals surface area contributed by atoms with Crippen LogP contribution in [0.25, 0.3) is 0 Å². The molecule has 20 heavy (non-hydrogen) atoms. The number of halogens is 4. The zero-order chi connectivity index (χ0) is 14.7. The van der Waals surface area contributed by atoms with Gasteiger partial charge in [0.15, 0.2) is 11.6 Å². The van der Waals surface area contributed by atoms with Gasteiger partial charge in [-0.1, -0.05) is 29.3 Å². The lowest BCUT2D eigenvalue weighted by molar-refractivity contribution is 0.464. The predicted octanol–water partition coefficient (Wildman–Crippen LogP) is 4.27. The van der Waals surface area contributed by atoms with Gasteiger partial charge in [-0.15, -0.1) is 0 Å². The molecule has 0 unspecified atom stereocenters. The summed E-state index contributed by atoms with van der Waals surface area (Å²) in [5.41, 5.74) is 1.13. The van der Waals surface area contributed by atoms with E-state index in [9.17, 15) is 13.9 Å². The summed E-state index contributed by atoms with van der Waals surface area (Å²) in [4.78, 5) is 0. The number of nitrogens with one attached hydrogen (secondary N) is 1. The Hall–Kier alpha value is -1.36. The highest BCUT2D eigenvalue weighted by molar-refractivity contribution is 6.35. The van der Waals surface area contributed by atoms with Crippen LogP contribution in [0.3, 0.4) is 0 Å². The third-order valence-electron chi connectivity index (χ3n) is 2.74. The minimum atomic E-state index is -0.891. The predicted molar refractivity (Wildman–Crippen MR) is 75.0 cm³/mol. The van der Waals surface area contributed by atoms with Crippen LogP contribution < -0.4 is 5.32 Å². The molecule has 0 saturated carbocycles. The highest BCUT2D eigenvalue weighted by Crippen LogP contribution is 2.31. The monoisotopic (exact) mass is 317 g/mol. The van der Waals surface area contributed by atoms with Gasteiger partial charge in [-0.25, -0.2) is 8.78 Å². The van der Waals surface area contributed by atoms with Crippen molar-refractivity contribution in [1.82, 2.24) is 5.32 Å². The van der Waals surface area contributed by atoms with Gasteiger partial charge >= 0.3 is 0 Å². The summed E-state index contributed by atoms with van der Waals surface area (Å²) < 4.78 is 25.8. The molecule has 0 aliphatic heterocycles. The molecule has 0 aromatic heterocycles. The summed E-state index contributed by atoms with van der Waals surface area (Å²) in [5, 5.41) is 13.3. The summed E-state index contributed by atoms with van der Waals surface area (Å²) in [6.07, 6.45) is 0. The van der Waals surface area contributed by atoms with E-state index in [2.05, 4.69) is 5.32 Å². The van der Waals surface area contributed by atoms with Gasteiger partial charge in [0.1, 0.15) is 5.75 Å². The number of rotatable bonds is 4. The fourth-order valence-corrected chi connectivity index (χ4v) is 2.28. The fourth-order valence-electron chi connectivity index (χ4n) is 1.75. The average molecular weight is 318 g/mol. The minimum absolute atomic E-state index is 0.0474. The maximum atomic E-state index is 13.0. The largest absolute Gasteiger partial charge is 0.506 e. The van der Waals surface area contributed by atoms with Crippen molar-refractivity contribution in [2.75, 3.05) is 0 Å². The second-order valence-corrected chi connectivity index (χ2v) is 5.09. The van der Waals surface area contributed by atoms with Gasteiger partial charge < -0.3 is 10.4 Å². The molecule has 2 nitrogen and oxygen atoms in total. The molecule has 0 aliphatic carbocycles. The van der Waals surface area contributed by atoms with Crippen LogP contribution in [0.4, 0.5) is 8.78 Å². The van der Waals surface area contributed by atoms with Gasteiger partial charge in [0, 0.05) is 23.7 Å². The maximum Gasteiger partial charge on any atom is 0.159 e. The first-order valence-electron chi connectivity index (χ1n) is 5.79. The summed E-state index contributed by atoms with van der Waals surface area (Å²) in [7, 11) is 0. The lowest BCUT2D eigenvalue weighted by Gasteiger charge is -2.09. The number of hydrogen-bond acceptors (Lipinski definition) is 2. The van der Waals surface area contributed by atoms with Gasteiger partial charge in [-0.3, -0.25) is 0 Å². The standard InChI is InChI=1S/C14H11Cl2F2NO/c15-10-4-9(14(20)11(16)5-10)7-19-6-8-1-2-12(17)13(18)3-8/h1-5,19-20H,6-7H2. The molecule has 6 heteroatoms. The zero-order valence-corrected chi connectivity index (χ0v) is 11.8. The van der Waals surface area contributed by atoms with E-state index in [0.717, 1.165) is 12.1 Å². The first-order chi connectivity index (χ1) is 9.47. The minimum Gasteiger partial charge on any atom is -0.506 e. The van der Waals surface area contributed by atoms with E-state index in [-0.39, 0.29) is 10.8 Å². The first kappa shape index (κ1) is 15.0. The van der Waals surface area contributed by atoms with Crippen molar-refractivity contribution in [3.8, 4) is 5.75 Å². The van der Waals surface area contributed by atoms with E-state index in [0.29, 0.717) is 29.2 Å². The van der Waals surface area contributed by atoms with Crippen LogP contribution in [0.2, 0.25) is 10.0 Å². The van der Waals surface area contributed by atoms with Crippen LogP contribution in [0.5, 0.6) is 5.75 Å². The van der Waals surface area contributed by atoms with E-state index in [4.69, 9.17) is 23.2 Å². The molecule has 106 valence electrons. The Labute approximate surface area is 125 Å². The molecule has 2 N–H and O–H groups in total. The Morgan fingerprint density at radius 1 is 1.00 bits per heavy atom. The molecule has 0 fully saturated rings. The number of aromatic hydroxyl groups is 1. The molecule has 2 aromatic carbocycles. The van der Waals surface area contributed by atoms with Crippen molar-refractivity contribution >= 4 is 23.2 Å². The summed E-state index contributed by atoms with van der Waals surface area (Å²) in [6, 6.07) is 6.70. The normalized spacial score (nSPS) is 10.8. The highest BCUT2D eigenvalue weighted by atomic mass is 35.5. The van der Waals surface area contributed by atoms with E-state index in [1.807, 2.05) is 0 Å². The summed E-state index contributed by atoms with van der Waals surface area (Å²) in [5.74, 6) is -1.82. The first-order valence-corrected chi connectivity index (χ1v) is 6.54. The van der Waals surface area contributed by atoms with Crippen molar-refractivity contribution in [3.63, 3.8) is 0 Å². The molecule has 0 heterocycles. The van der Waals surface area contributed by atoms with Gasteiger partial charge in [0.25, 0.3) is 0 Å². The molecule has 2 rings (SSSR count). The summed E-state index contributed by atoms with van der Waals surface area (Å²) >= 11 is 11.6. The van der Waals surface area contributed by atoms with Crippen LogP contribution in [-0.4, -0.2) is 5.11 Å². The number of benzene rings is 2. The molecule has 0 radical (unpaired) electrons. The van der Waals surface area contributed by atoms with Crippen molar-refractivity contribution in [2.45, 2.75) is 13.1 Å². The van der Waals surface area contributed by atoms with E-state index in [1.54, 1.807) is 6.07 Å². The Balaban J connectivity index is 2.01. The van der Waals surface area contributed by atoms with Crippen LogP contribution in [0.1, 0.15) is 11.1 Å². The van der Waals surface area contributed by atoms with E-state index >= 15 is 0 Å². The number of phenols is 1. The van der Waals surface area contributed by atoms with E-state index in [1.165, 1.54) is 12.1 Å². The lowest BCUT2D eigenvalue weighted by atomic mass is 10.1. The Morgan fingerprint density at radius 3 is 2.45 bits per heavy atom. The van der Waals surface area contributed by atoms with Crippen molar-refractivity contribution < 1.29 is 13.9 Å². The Kier molecular flexibility index (Phi) is 4.81. The molecule has 0 spiro atoms. The maximum absolute atomic E-state index is 13.0. The van der Waals surface area contributed by atoms with E-state index < -0.39 is 11.6 Å². The van der Waals surface area contributed by atoms with Crippen molar-refractivity contribution in [3.05, 3.63) is 63.1 Å². The molecule has 0 bridgehead atoms. The van der Waals surface area contributed by atoms with Gasteiger partial charge in [-0.05, 0) is 29.8 Å². The second kappa shape index (κ2) is 6.39. The van der Waals surface area contributed by atoms with Gasteiger partial charge in [0.05, 0.1) is 5.02 Å². The number of phenolic OH excluding ortho intramolecular Hbond substituents is 1. The molecular weight excluding hydrogens is 307 g/mol. The Bertz CT molecular complexity index is 635. The fraction of sp³-hybridized carbons (Fsp3) is 0.143. The Morgan fingerprint density at radius 2 is 1.75 bits per heavy atom. The topological polar surface area (TPSA) is 32.3 Å². The van der Waals surface area contributed by atoms with Crippen LogP contribution in [0.15, 0.2) is 30.3 Å². The SMILES string of the molecule is Oc1c(Cl)cc(Cl)cc1CNCc1ccc(F)c(F)c1. The third kappa shape index (κ3) is 3.60. The van der Waals surface area contributed by atoms with Crippen LogP contribution >= 0.6 is 23.2 Å². The molecule has 2 aromatic rings. The van der Waals surface area contributed by atoms with Crippen molar-refractivity contribution in [1.29, 1.82) is 0 Å². The second-order valence-electron chi connectivity index (χ2n) is 4.25. The van der Waals surface area contributed by atoms with Crippen molar-refractivity contribution in [2.24, 2.45) is 0 Å². The highest BCUT2D eigenvalue weighted by Gasteiger charge is 2.08. The molecule has 0 saturated heterocycles. The van der Waals surface area contributed by atoms with Crippen LogP contribution in [-0.2, 0) is 13.1 Å². The summed E-state index contributed by atoms with van der Waals surface area (Å²) in [6.45, 7) is 0.617. The molecule has 0 aliphatic rings. The van der Waals surface area contributed by atoms with Crippen LogP contribution in [0, 0.1) is 11.6 Å². The number of hydrogen-bond donors (Lipinski definition) is 2. The third-order valence-corrected chi connectivity index (χ3v) is 3.24. The quantitative estimate of drug-likeness (QED) is 0.882. The smallest absolute Gasteiger partial charge is 0.159 e. The van der Waals surface area contributed by atoms with Gasteiger partial charge in [0.2, 0.25) is 0 Å². The lowest BCUT2D eigenvalue weighted by Crippen LogP contribution is -2.13. The molecular formula is C14H11Cl2F2NO. The average Bonchev–Trinajstić information content (AvgIpc) is 2.39. The molecule has 0 amide bonds.